The Morgan fingerprint density at radius 1 is 1.18 bits per heavy atom. The van der Waals surface area contributed by atoms with Gasteiger partial charge in [0.1, 0.15) is 16.9 Å². The van der Waals surface area contributed by atoms with Crippen LogP contribution in [0.3, 0.4) is 0 Å². The van der Waals surface area contributed by atoms with Crippen molar-refractivity contribution in [3.63, 3.8) is 0 Å². The van der Waals surface area contributed by atoms with Crippen molar-refractivity contribution >= 4 is 40.8 Å². The van der Waals surface area contributed by atoms with Gasteiger partial charge in [0.15, 0.2) is 5.82 Å². The topological polar surface area (TPSA) is 84.5 Å². The van der Waals surface area contributed by atoms with Crippen LogP contribution in [0.4, 0.5) is 0 Å². The lowest BCUT2D eigenvalue weighted by Gasteiger charge is -2.17. The van der Waals surface area contributed by atoms with Crippen molar-refractivity contribution in [1.82, 2.24) is 20.1 Å². The van der Waals surface area contributed by atoms with Crippen LogP contribution >= 0.6 is 22.9 Å². The van der Waals surface area contributed by atoms with Gasteiger partial charge < -0.3 is 5.32 Å². The van der Waals surface area contributed by atoms with Gasteiger partial charge in [-0.1, -0.05) is 36.2 Å². The lowest BCUT2D eigenvalue weighted by molar-refractivity contribution is -0.121. The molecule has 0 bridgehead atoms. The summed E-state index contributed by atoms with van der Waals surface area (Å²) in [5.74, 6) is 2.25. The zero-order valence-electron chi connectivity index (χ0n) is 21.9. The quantitative estimate of drug-likeness (QED) is 0.412. The van der Waals surface area contributed by atoms with Crippen molar-refractivity contribution < 1.29 is 4.79 Å². The standard InChI is InChI=1S/C29H31ClN6OS/c1-16-17(2)38-29-26(16)27(20-7-8-23(30)22-14-21(20)22)33-24(28-35-34-18(3)36(28)29)15-25(37)32-11-5-4-6-19-9-12-31-13-10-19/h7-9,12-14,19,21,24H,4-6,10-11,15H2,1-3H3,(H,32,37)/t19?,21-,24?/m1/s1. The molecule has 1 amide bonds. The molecule has 2 aliphatic carbocycles. The minimum atomic E-state index is -0.429. The molecule has 0 aromatic carbocycles. The fourth-order valence-corrected chi connectivity index (χ4v) is 6.92. The summed E-state index contributed by atoms with van der Waals surface area (Å²) in [5, 5.41) is 13.9. The van der Waals surface area contributed by atoms with Crippen molar-refractivity contribution in [3.05, 3.63) is 74.3 Å². The molecular formula is C29H31ClN6OS. The second-order valence-corrected chi connectivity index (χ2v) is 12.0. The third-order valence-corrected chi connectivity index (χ3v) is 9.30. The SMILES string of the molecule is Cc1sc2c(c1C)C(C1=CC=C(Cl)C3=C[C@@H]31)=NC(CC(=O)NCCCCC1C=CN=CC1)c1nnc(C)n1-2. The number of thiophene rings is 1. The van der Waals surface area contributed by atoms with Gasteiger partial charge in [0.2, 0.25) is 5.91 Å². The lowest BCUT2D eigenvalue weighted by atomic mass is 9.92. The van der Waals surface area contributed by atoms with E-state index in [-0.39, 0.29) is 18.2 Å². The number of hydrogen-bond acceptors (Lipinski definition) is 6. The van der Waals surface area contributed by atoms with Crippen LogP contribution in [-0.4, -0.2) is 39.1 Å². The van der Waals surface area contributed by atoms with Crippen LogP contribution in [-0.2, 0) is 4.79 Å². The van der Waals surface area contributed by atoms with Crippen molar-refractivity contribution in [1.29, 1.82) is 0 Å². The molecule has 0 fully saturated rings. The molecule has 2 unspecified atom stereocenters. The van der Waals surface area contributed by atoms with Crippen LogP contribution in [0.5, 0.6) is 0 Å². The Kier molecular flexibility index (Phi) is 6.78. The molecule has 0 spiro atoms. The number of carbonyl (C=O) groups is 1. The lowest BCUT2D eigenvalue weighted by Crippen LogP contribution is -2.26. The van der Waals surface area contributed by atoms with E-state index in [9.17, 15) is 4.79 Å². The minimum Gasteiger partial charge on any atom is -0.356 e. The predicted octanol–water partition coefficient (Wildman–Crippen LogP) is 6.00. The predicted molar refractivity (Wildman–Crippen MR) is 154 cm³/mol. The largest absolute Gasteiger partial charge is 0.356 e. The van der Waals surface area contributed by atoms with E-state index in [1.807, 2.05) is 25.4 Å². The van der Waals surface area contributed by atoms with E-state index in [0.29, 0.717) is 12.5 Å². The number of unbranched alkanes of at least 4 members (excludes halogenated alkanes) is 1. The second-order valence-electron chi connectivity index (χ2n) is 10.4. The van der Waals surface area contributed by atoms with Gasteiger partial charge in [0.25, 0.3) is 0 Å². The molecule has 7 nitrogen and oxygen atoms in total. The normalized spacial score (nSPS) is 22.9. The number of amides is 1. The highest BCUT2D eigenvalue weighted by Crippen LogP contribution is 2.49. The Balaban J connectivity index is 1.24. The molecule has 2 aliphatic heterocycles. The fraction of sp³-hybridized carbons (Fsp3) is 0.414. The first kappa shape index (κ1) is 25.2. The van der Waals surface area contributed by atoms with E-state index in [0.717, 1.165) is 69.8 Å². The monoisotopic (exact) mass is 546 g/mol. The van der Waals surface area contributed by atoms with Gasteiger partial charge >= 0.3 is 0 Å². The van der Waals surface area contributed by atoms with Crippen molar-refractivity contribution in [2.24, 2.45) is 21.8 Å². The minimum absolute atomic E-state index is 0.0149. The number of halogens is 1. The van der Waals surface area contributed by atoms with Crippen molar-refractivity contribution in [2.45, 2.75) is 58.9 Å². The van der Waals surface area contributed by atoms with E-state index in [2.05, 4.69) is 57.1 Å². The van der Waals surface area contributed by atoms with Gasteiger partial charge in [0.05, 0.1) is 12.1 Å². The number of aryl methyl sites for hydroxylation is 2. The molecule has 3 atom stereocenters. The summed E-state index contributed by atoms with van der Waals surface area (Å²) in [5.41, 5.74) is 5.54. The van der Waals surface area contributed by atoms with Crippen LogP contribution in [0, 0.1) is 32.6 Å². The van der Waals surface area contributed by atoms with Crippen LogP contribution in [0.15, 0.2) is 56.7 Å². The zero-order chi connectivity index (χ0) is 26.4. The molecule has 0 saturated carbocycles. The molecule has 0 saturated heterocycles. The van der Waals surface area contributed by atoms with E-state index in [1.54, 1.807) is 11.3 Å². The number of nitrogens with zero attached hydrogens (tertiary/aromatic N) is 5. The van der Waals surface area contributed by atoms with Gasteiger partial charge in [-0.05, 0) is 68.7 Å². The fourth-order valence-electron chi connectivity index (χ4n) is 5.46. The van der Waals surface area contributed by atoms with E-state index < -0.39 is 6.04 Å². The summed E-state index contributed by atoms with van der Waals surface area (Å²) in [7, 11) is 0. The first-order chi connectivity index (χ1) is 18.4. The molecule has 6 rings (SSSR count). The van der Waals surface area contributed by atoms with Crippen LogP contribution in [0.25, 0.3) is 5.00 Å². The molecule has 2 aromatic rings. The van der Waals surface area contributed by atoms with Gasteiger partial charge in [-0.2, -0.15) is 0 Å². The maximum atomic E-state index is 13.1. The number of aromatic nitrogens is 3. The van der Waals surface area contributed by atoms with E-state index >= 15 is 0 Å². The molecule has 1 N–H and O–H groups in total. The number of nitrogens with one attached hydrogen (secondary N) is 1. The Labute approximate surface area is 231 Å². The smallest absolute Gasteiger partial charge is 0.222 e. The van der Waals surface area contributed by atoms with E-state index in [1.165, 1.54) is 10.4 Å². The highest BCUT2D eigenvalue weighted by molar-refractivity contribution is 7.15. The van der Waals surface area contributed by atoms with Gasteiger partial charge in [-0.25, -0.2) is 0 Å². The Hall–Kier alpha value is -3.10. The van der Waals surface area contributed by atoms with Crippen molar-refractivity contribution in [3.8, 4) is 5.00 Å². The number of allylic oxidation sites excluding steroid dienone is 7. The Bertz CT molecular complexity index is 1490. The number of aliphatic imine (C=N–C) groups is 2. The third-order valence-electron chi connectivity index (χ3n) is 7.77. The molecule has 38 heavy (non-hydrogen) atoms. The molecule has 2 aromatic heterocycles. The molecule has 4 heterocycles. The maximum absolute atomic E-state index is 13.1. The van der Waals surface area contributed by atoms with Crippen molar-refractivity contribution in [2.75, 3.05) is 6.54 Å². The Morgan fingerprint density at radius 2 is 2.05 bits per heavy atom. The van der Waals surface area contributed by atoms with E-state index in [4.69, 9.17) is 16.6 Å². The number of carbonyl (C=O) groups excluding carboxylic acids is 1. The Morgan fingerprint density at radius 3 is 2.87 bits per heavy atom. The molecule has 196 valence electrons. The van der Waals surface area contributed by atoms with Crippen LogP contribution in [0.1, 0.15) is 65.8 Å². The molecule has 4 aliphatic rings. The summed E-state index contributed by atoms with van der Waals surface area (Å²) >= 11 is 8.13. The number of fused-ring (bicyclic) bond motifs is 4. The van der Waals surface area contributed by atoms with Gasteiger partial charge in [-0.15, -0.1) is 21.5 Å². The summed E-state index contributed by atoms with van der Waals surface area (Å²) in [6, 6.07) is -0.429. The van der Waals surface area contributed by atoms with Gasteiger partial charge in [0, 0.05) is 40.4 Å². The molecule has 0 radical (unpaired) electrons. The summed E-state index contributed by atoms with van der Waals surface area (Å²) in [6.45, 7) is 6.91. The van der Waals surface area contributed by atoms with Crippen LogP contribution < -0.4 is 5.32 Å². The summed E-state index contributed by atoms with van der Waals surface area (Å²) < 4.78 is 2.10. The summed E-state index contributed by atoms with van der Waals surface area (Å²) in [6.07, 6.45) is 16.6. The molecule has 9 heteroatoms. The third kappa shape index (κ3) is 4.64. The summed E-state index contributed by atoms with van der Waals surface area (Å²) in [4.78, 5) is 23.8. The first-order valence-electron chi connectivity index (χ1n) is 13.3. The maximum Gasteiger partial charge on any atom is 0.222 e. The highest BCUT2D eigenvalue weighted by Gasteiger charge is 2.39. The first-order valence-corrected chi connectivity index (χ1v) is 14.5. The average molecular weight is 547 g/mol. The van der Waals surface area contributed by atoms with Crippen LogP contribution in [0.2, 0.25) is 0 Å². The number of rotatable bonds is 8. The molecular weight excluding hydrogens is 516 g/mol. The highest BCUT2D eigenvalue weighted by atomic mass is 35.5. The average Bonchev–Trinajstić information content (AvgIpc) is 3.58. The second kappa shape index (κ2) is 10.2. The number of hydrogen-bond donors (Lipinski definition) is 1. The zero-order valence-corrected chi connectivity index (χ0v) is 23.4. The van der Waals surface area contributed by atoms with Gasteiger partial charge in [-0.3, -0.25) is 19.3 Å².